The zero-order valence-corrected chi connectivity index (χ0v) is 16.5. The van der Waals surface area contributed by atoms with Crippen LogP contribution in [0.25, 0.3) is 10.7 Å². The number of ether oxygens (including phenoxy) is 1. The van der Waals surface area contributed by atoms with Crippen molar-refractivity contribution in [1.29, 1.82) is 0 Å². The number of nitrogens with zero attached hydrogens (tertiary/aromatic N) is 3. The van der Waals surface area contributed by atoms with Gasteiger partial charge in [-0.15, -0.1) is 11.3 Å². The van der Waals surface area contributed by atoms with Crippen molar-refractivity contribution < 1.29 is 18.4 Å². The van der Waals surface area contributed by atoms with Crippen LogP contribution < -0.4 is 0 Å². The largest absolute Gasteiger partial charge is 0.465 e. The number of rotatable bonds is 10. The van der Waals surface area contributed by atoms with Gasteiger partial charge in [0.25, 0.3) is 0 Å². The van der Waals surface area contributed by atoms with Crippen molar-refractivity contribution in [1.82, 2.24) is 15.0 Å². The zero-order chi connectivity index (χ0) is 19.8. The van der Waals surface area contributed by atoms with Crippen molar-refractivity contribution in [2.24, 2.45) is 0 Å². The molecular weight excluding hydrogens is 381 g/mol. The molecule has 0 atom stereocenters. The van der Waals surface area contributed by atoms with Gasteiger partial charge in [0.05, 0.1) is 18.0 Å². The molecule has 1 aromatic carbocycles. The Hall–Kier alpha value is -2.58. The molecule has 3 aromatic rings. The molecule has 28 heavy (non-hydrogen) atoms. The fourth-order valence-electron chi connectivity index (χ4n) is 2.77. The van der Waals surface area contributed by atoms with Crippen LogP contribution in [-0.2, 0) is 22.5 Å². The summed E-state index contributed by atoms with van der Waals surface area (Å²) in [5.41, 5.74) is 0.934. The predicted octanol–water partition coefficient (Wildman–Crippen LogP) is 3.94. The third-order valence-electron chi connectivity index (χ3n) is 4.05. The summed E-state index contributed by atoms with van der Waals surface area (Å²) >= 11 is 1.56. The van der Waals surface area contributed by atoms with Crippen molar-refractivity contribution in [3.05, 3.63) is 59.0 Å². The number of hydrogen-bond acceptors (Lipinski definition) is 7. The summed E-state index contributed by atoms with van der Waals surface area (Å²) in [7, 11) is 0. The molecule has 148 valence electrons. The van der Waals surface area contributed by atoms with Crippen molar-refractivity contribution in [3.63, 3.8) is 0 Å². The Morgan fingerprint density at radius 3 is 2.82 bits per heavy atom. The number of aromatic nitrogens is 2. The van der Waals surface area contributed by atoms with E-state index in [2.05, 4.69) is 10.1 Å². The second kappa shape index (κ2) is 10.1. The number of benzene rings is 1. The molecule has 8 heteroatoms. The molecular formula is C20H22FN3O3S. The third kappa shape index (κ3) is 5.97. The summed E-state index contributed by atoms with van der Waals surface area (Å²) in [5.74, 6) is 0.613. The number of aryl methyl sites for hydroxylation is 1. The Morgan fingerprint density at radius 1 is 1.29 bits per heavy atom. The van der Waals surface area contributed by atoms with Crippen molar-refractivity contribution >= 4 is 17.3 Å². The fourth-order valence-corrected chi connectivity index (χ4v) is 3.42. The van der Waals surface area contributed by atoms with E-state index < -0.39 is 0 Å². The maximum Gasteiger partial charge on any atom is 0.320 e. The summed E-state index contributed by atoms with van der Waals surface area (Å²) in [6, 6.07) is 10.2. The van der Waals surface area contributed by atoms with E-state index >= 15 is 0 Å². The van der Waals surface area contributed by atoms with Gasteiger partial charge in [-0.05, 0) is 49.0 Å². The highest BCUT2D eigenvalue weighted by atomic mass is 32.1. The molecule has 0 unspecified atom stereocenters. The minimum Gasteiger partial charge on any atom is -0.465 e. The first kappa shape index (κ1) is 20.2. The monoisotopic (exact) mass is 403 g/mol. The van der Waals surface area contributed by atoms with Gasteiger partial charge in [-0.3, -0.25) is 9.69 Å². The minimum absolute atomic E-state index is 0.176. The van der Waals surface area contributed by atoms with Gasteiger partial charge >= 0.3 is 5.97 Å². The molecule has 0 radical (unpaired) electrons. The Bertz CT molecular complexity index is 865. The average molecular weight is 403 g/mol. The summed E-state index contributed by atoms with van der Waals surface area (Å²) in [5, 5.41) is 5.97. The quantitative estimate of drug-likeness (QED) is 0.478. The molecule has 3 rings (SSSR count). The van der Waals surface area contributed by atoms with Crippen molar-refractivity contribution in [3.8, 4) is 10.7 Å². The number of esters is 1. The molecule has 0 aliphatic rings. The number of carbonyl (C=O) groups excluding carboxylic acids is 1. The van der Waals surface area contributed by atoms with Gasteiger partial charge in [0.15, 0.2) is 0 Å². The van der Waals surface area contributed by atoms with E-state index in [1.165, 1.54) is 12.1 Å². The van der Waals surface area contributed by atoms with E-state index in [-0.39, 0.29) is 18.3 Å². The molecule has 2 heterocycles. The van der Waals surface area contributed by atoms with Crippen molar-refractivity contribution in [2.75, 3.05) is 19.7 Å². The third-order valence-corrected chi connectivity index (χ3v) is 4.92. The molecule has 0 bridgehead atoms. The van der Waals surface area contributed by atoms with Gasteiger partial charge in [-0.2, -0.15) is 4.98 Å². The summed E-state index contributed by atoms with van der Waals surface area (Å²) in [6.07, 6.45) is 1.35. The van der Waals surface area contributed by atoms with E-state index in [9.17, 15) is 9.18 Å². The van der Waals surface area contributed by atoms with Crippen LogP contribution in [0.3, 0.4) is 0 Å². The standard InChI is InChI=1S/C20H22FN3O3S/c1-2-26-19(25)14-24(13-15-7-9-16(21)10-8-15)11-3-6-18-22-20(23-27-18)17-5-4-12-28-17/h4-5,7-10,12H,2-3,6,11,13-14H2,1H3. The first-order chi connectivity index (χ1) is 13.6. The molecule has 0 saturated carbocycles. The van der Waals surface area contributed by atoms with Crippen LogP contribution in [0.1, 0.15) is 24.8 Å². The van der Waals surface area contributed by atoms with E-state index in [0.29, 0.717) is 37.8 Å². The number of carbonyl (C=O) groups is 1. The van der Waals surface area contributed by atoms with Gasteiger partial charge in [0.1, 0.15) is 5.82 Å². The molecule has 6 nitrogen and oxygen atoms in total. The normalized spacial score (nSPS) is 11.1. The Balaban J connectivity index is 1.55. The molecule has 0 aliphatic heterocycles. The van der Waals surface area contributed by atoms with Crippen LogP contribution in [-0.4, -0.2) is 40.7 Å². The lowest BCUT2D eigenvalue weighted by Gasteiger charge is -2.21. The molecule has 0 N–H and O–H groups in total. The minimum atomic E-state index is -0.279. The summed E-state index contributed by atoms with van der Waals surface area (Å²) in [4.78, 5) is 19.3. The van der Waals surface area contributed by atoms with E-state index in [1.807, 2.05) is 22.4 Å². The van der Waals surface area contributed by atoms with Gasteiger partial charge in [-0.1, -0.05) is 23.4 Å². The van der Waals surface area contributed by atoms with E-state index in [1.54, 1.807) is 30.4 Å². The molecule has 0 spiro atoms. The van der Waals surface area contributed by atoms with Crippen LogP contribution in [0.5, 0.6) is 0 Å². The Kier molecular flexibility index (Phi) is 7.27. The smallest absolute Gasteiger partial charge is 0.320 e. The maximum atomic E-state index is 13.1. The average Bonchev–Trinajstić information content (AvgIpc) is 3.35. The lowest BCUT2D eigenvalue weighted by Crippen LogP contribution is -2.31. The Morgan fingerprint density at radius 2 is 2.11 bits per heavy atom. The summed E-state index contributed by atoms with van der Waals surface area (Å²) < 4.78 is 23.5. The van der Waals surface area contributed by atoms with Gasteiger partial charge in [0, 0.05) is 13.0 Å². The summed E-state index contributed by atoms with van der Waals surface area (Å²) in [6.45, 7) is 3.48. The molecule has 0 fully saturated rings. The van der Waals surface area contributed by atoms with Crippen LogP contribution in [0.15, 0.2) is 46.3 Å². The number of halogens is 1. The van der Waals surface area contributed by atoms with E-state index in [0.717, 1.165) is 16.9 Å². The topological polar surface area (TPSA) is 68.5 Å². The van der Waals surface area contributed by atoms with Crippen LogP contribution in [0.4, 0.5) is 4.39 Å². The second-order valence-electron chi connectivity index (χ2n) is 6.23. The zero-order valence-electron chi connectivity index (χ0n) is 15.6. The van der Waals surface area contributed by atoms with Gasteiger partial charge < -0.3 is 9.26 Å². The highest BCUT2D eigenvalue weighted by Crippen LogP contribution is 2.21. The fraction of sp³-hybridized carbons (Fsp3) is 0.350. The SMILES string of the molecule is CCOC(=O)CN(CCCc1nc(-c2cccs2)no1)Cc1ccc(F)cc1. The first-order valence-corrected chi connectivity index (χ1v) is 10.0. The van der Waals surface area contributed by atoms with Crippen LogP contribution >= 0.6 is 11.3 Å². The highest BCUT2D eigenvalue weighted by Gasteiger charge is 2.14. The molecule has 0 amide bonds. The maximum absolute atomic E-state index is 13.1. The number of hydrogen-bond donors (Lipinski definition) is 0. The van der Waals surface area contributed by atoms with E-state index in [4.69, 9.17) is 9.26 Å². The van der Waals surface area contributed by atoms with Gasteiger partial charge in [-0.25, -0.2) is 4.39 Å². The Labute approximate surface area is 166 Å². The van der Waals surface area contributed by atoms with Gasteiger partial charge in [0.2, 0.25) is 11.7 Å². The molecule has 0 aliphatic carbocycles. The molecule has 0 saturated heterocycles. The van der Waals surface area contributed by atoms with Crippen LogP contribution in [0.2, 0.25) is 0 Å². The van der Waals surface area contributed by atoms with Crippen molar-refractivity contribution in [2.45, 2.75) is 26.3 Å². The number of thiophene rings is 1. The lowest BCUT2D eigenvalue weighted by molar-refractivity contribution is -0.144. The molecule has 2 aromatic heterocycles. The lowest BCUT2D eigenvalue weighted by atomic mass is 10.2. The second-order valence-corrected chi connectivity index (χ2v) is 7.18. The highest BCUT2D eigenvalue weighted by molar-refractivity contribution is 7.13. The van der Waals surface area contributed by atoms with Crippen LogP contribution in [0, 0.1) is 5.82 Å². The predicted molar refractivity (Wildman–Crippen MR) is 104 cm³/mol. The first-order valence-electron chi connectivity index (χ1n) is 9.13.